The highest BCUT2D eigenvalue weighted by atomic mass is 32.2. The lowest BCUT2D eigenvalue weighted by molar-refractivity contribution is -0.119. The molecule has 9 nitrogen and oxygen atoms in total. The Hall–Kier alpha value is -2.85. The summed E-state index contributed by atoms with van der Waals surface area (Å²) >= 11 is 0. The van der Waals surface area contributed by atoms with Crippen molar-refractivity contribution in [3.8, 4) is 5.75 Å². The number of rotatable bonds is 7. The minimum atomic E-state index is -3.98. The Labute approximate surface area is 175 Å². The molecule has 1 fully saturated rings. The van der Waals surface area contributed by atoms with Crippen LogP contribution >= 0.6 is 0 Å². The predicted molar refractivity (Wildman–Crippen MR) is 110 cm³/mol. The number of ether oxygens (including phenoxy) is 2. The molecule has 0 radical (unpaired) electrons. The van der Waals surface area contributed by atoms with Crippen LogP contribution < -0.4 is 10.1 Å². The maximum atomic E-state index is 13.2. The van der Waals surface area contributed by atoms with E-state index in [0.29, 0.717) is 30.9 Å². The van der Waals surface area contributed by atoms with Gasteiger partial charge >= 0.3 is 5.97 Å². The molecule has 1 amide bonds. The molecule has 0 spiro atoms. The van der Waals surface area contributed by atoms with Crippen LogP contribution in [0.1, 0.15) is 30.3 Å². The molecular weight excluding hydrogens is 410 g/mol. The molecule has 10 heteroatoms. The number of nitrogens with one attached hydrogen (secondary N) is 1. The summed E-state index contributed by atoms with van der Waals surface area (Å²) in [6.45, 7) is 2.50. The molecule has 1 atom stereocenters. The van der Waals surface area contributed by atoms with E-state index in [9.17, 15) is 18.0 Å². The molecule has 30 heavy (non-hydrogen) atoms. The van der Waals surface area contributed by atoms with Crippen LogP contribution in [0.3, 0.4) is 0 Å². The number of aryl methyl sites for hydroxylation is 1. The molecule has 0 bridgehead atoms. The van der Waals surface area contributed by atoms with Gasteiger partial charge in [0.2, 0.25) is 15.9 Å². The minimum Gasteiger partial charge on any atom is -0.492 e. The van der Waals surface area contributed by atoms with Crippen molar-refractivity contribution in [3.63, 3.8) is 0 Å². The Morgan fingerprint density at radius 2 is 2.00 bits per heavy atom. The third kappa shape index (κ3) is 4.19. The molecule has 162 valence electrons. The van der Waals surface area contributed by atoms with E-state index in [-0.39, 0.29) is 17.1 Å². The van der Waals surface area contributed by atoms with Crippen LogP contribution in [0.15, 0.2) is 41.4 Å². The van der Waals surface area contributed by atoms with Gasteiger partial charge in [-0.05, 0) is 38.0 Å². The molecule has 1 saturated heterocycles. The third-order valence-electron chi connectivity index (χ3n) is 4.93. The fourth-order valence-corrected chi connectivity index (χ4v) is 5.20. The van der Waals surface area contributed by atoms with Crippen LogP contribution in [0.4, 0.5) is 5.69 Å². The summed E-state index contributed by atoms with van der Waals surface area (Å²) in [6.07, 6.45) is 2.30. The summed E-state index contributed by atoms with van der Waals surface area (Å²) in [5.41, 5.74) is 0.600. The summed E-state index contributed by atoms with van der Waals surface area (Å²) in [6, 6.07) is 7.41. The molecule has 2 heterocycles. The van der Waals surface area contributed by atoms with E-state index in [4.69, 9.17) is 4.74 Å². The van der Waals surface area contributed by atoms with Crippen molar-refractivity contribution >= 4 is 27.6 Å². The second kappa shape index (κ2) is 8.88. The topological polar surface area (TPSA) is 107 Å². The van der Waals surface area contributed by atoms with Crippen LogP contribution in [0.25, 0.3) is 0 Å². The Kier molecular flexibility index (Phi) is 6.47. The summed E-state index contributed by atoms with van der Waals surface area (Å²) in [4.78, 5) is 24.7. The molecule has 1 aliphatic rings. The highest BCUT2D eigenvalue weighted by Crippen LogP contribution is 2.30. The van der Waals surface area contributed by atoms with Crippen LogP contribution in [0, 0.1) is 0 Å². The van der Waals surface area contributed by atoms with E-state index >= 15 is 0 Å². The van der Waals surface area contributed by atoms with E-state index < -0.39 is 27.9 Å². The first-order valence-electron chi connectivity index (χ1n) is 9.58. The number of nitrogens with zero attached hydrogens (tertiary/aromatic N) is 2. The van der Waals surface area contributed by atoms with Crippen molar-refractivity contribution in [2.75, 3.05) is 25.6 Å². The van der Waals surface area contributed by atoms with E-state index in [2.05, 4.69) is 10.1 Å². The maximum Gasteiger partial charge on any atom is 0.354 e. The average Bonchev–Trinajstić information content (AvgIpc) is 3.37. The van der Waals surface area contributed by atoms with E-state index in [1.54, 1.807) is 31.3 Å². The van der Waals surface area contributed by atoms with Gasteiger partial charge in [-0.3, -0.25) is 4.79 Å². The van der Waals surface area contributed by atoms with Gasteiger partial charge < -0.3 is 19.4 Å². The van der Waals surface area contributed by atoms with Gasteiger partial charge in [-0.1, -0.05) is 12.1 Å². The lowest BCUT2D eigenvalue weighted by atomic mass is 10.2. The number of sulfonamides is 1. The zero-order chi connectivity index (χ0) is 21.9. The Balaban J connectivity index is 1.85. The van der Waals surface area contributed by atoms with Gasteiger partial charge in [0.25, 0.3) is 0 Å². The van der Waals surface area contributed by atoms with Crippen molar-refractivity contribution in [1.82, 2.24) is 8.87 Å². The number of carbonyl (C=O) groups excluding carboxylic acids is 2. The molecule has 0 unspecified atom stereocenters. The number of esters is 1. The van der Waals surface area contributed by atoms with Crippen LogP contribution in [0.5, 0.6) is 5.75 Å². The van der Waals surface area contributed by atoms with E-state index in [1.807, 2.05) is 6.92 Å². The normalized spacial score (nSPS) is 17.0. The second-order valence-electron chi connectivity index (χ2n) is 6.86. The molecule has 3 rings (SSSR count). The number of carbonyl (C=O) groups is 2. The minimum absolute atomic E-state index is 0.0557. The molecule has 1 aromatic carbocycles. The van der Waals surface area contributed by atoms with Crippen molar-refractivity contribution in [2.45, 2.75) is 30.7 Å². The third-order valence-corrected chi connectivity index (χ3v) is 6.81. The lowest BCUT2D eigenvalue weighted by Gasteiger charge is -2.23. The number of methoxy groups -OCH3 is 1. The summed E-state index contributed by atoms with van der Waals surface area (Å²) in [7, 11) is -1.19. The summed E-state index contributed by atoms with van der Waals surface area (Å²) in [5.74, 6) is -0.541. The van der Waals surface area contributed by atoms with Crippen LogP contribution in [-0.4, -0.2) is 55.5 Å². The molecule has 0 saturated carbocycles. The van der Waals surface area contributed by atoms with Crippen molar-refractivity contribution < 1.29 is 27.5 Å². The molecule has 1 N–H and O–H groups in total. The lowest BCUT2D eigenvalue weighted by Crippen LogP contribution is -2.43. The summed E-state index contributed by atoms with van der Waals surface area (Å²) < 4.78 is 39.2. The molecule has 1 aromatic heterocycles. The largest absolute Gasteiger partial charge is 0.492 e. The fourth-order valence-electron chi connectivity index (χ4n) is 3.48. The summed E-state index contributed by atoms with van der Waals surface area (Å²) in [5, 5.41) is 2.79. The number of aromatic nitrogens is 1. The Morgan fingerprint density at radius 3 is 2.70 bits per heavy atom. The second-order valence-corrected chi connectivity index (χ2v) is 8.75. The highest BCUT2D eigenvalue weighted by Gasteiger charge is 2.40. The van der Waals surface area contributed by atoms with Gasteiger partial charge in [0.05, 0.1) is 19.4 Å². The molecule has 2 aromatic rings. The van der Waals surface area contributed by atoms with Crippen LogP contribution in [-0.2, 0) is 26.6 Å². The first-order chi connectivity index (χ1) is 14.3. The van der Waals surface area contributed by atoms with Gasteiger partial charge in [0, 0.05) is 19.8 Å². The monoisotopic (exact) mass is 435 g/mol. The van der Waals surface area contributed by atoms with Crippen LogP contribution in [0.2, 0.25) is 0 Å². The number of hydrogen-bond acceptors (Lipinski definition) is 6. The van der Waals surface area contributed by atoms with E-state index in [0.717, 1.165) is 0 Å². The molecular formula is C20H25N3O6S. The quantitative estimate of drug-likeness (QED) is 0.667. The average molecular weight is 436 g/mol. The fraction of sp³-hybridized carbons (Fsp3) is 0.400. The number of anilines is 1. The molecule has 1 aliphatic heterocycles. The van der Waals surface area contributed by atoms with E-state index in [1.165, 1.54) is 28.2 Å². The standard InChI is InChI=1S/C20H25N3O6S/c1-4-29-18-10-6-5-8-15(18)21-19(24)16-9-7-11-23(16)30(26,27)14-12-17(20(25)28-3)22(2)13-14/h5-6,8,10,12-13,16H,4,7,9,11H2,1-3H3,(H,21,24)/t16-/m1/s1. The van der Waals surface area contributed by atoms with Gasteiger partial charge in [-0.2, -0.15) is 4.31 Å². The molecule has 0 aliphatic carbocycles. The smallest absolute Gasteiger partial charge is 0.354 e. The SMILES string of the molecule is CCOc1ccccc1NC(=O)[C@H]1CCCN1S(=O)(=O)c1cc(C(=O)OC)n(C)c1. The van der Waals surface area contributed by atoms with Crippen molar-refractivity contribution in [1.29, 1.82) is 0 Å². The highest BCUT2D eigenvalue weighted by molar-refractivity contribution is 7.89. The maximum absolute atomic E-state index is 13.2. The Bertz CT molecular complexity index is 1050. The predicted octanol–water partition coefficient (Wildman–Crippen LogP) is 2.00. The van der Waals surface area contributed by atoms with Gasteiger partial charge in [-0.25, -0.2) is 13.2 Å². The zero-order valence-electron chi connectivity index (χ0n) is 17.1. The number of benzene rings is 1. The first kappa shape index (κ1) is 21.8. The first-order valence-corrected chi connectivity index (χ1v) is 11.0. The number of hydrogen-bond donors (Lipinski definition) is 1. The number of amides is 1. The van der Waals surface area contributed by atoms with Gasteiger partial charge in [0.15, 0.2) is 0 Å². The number of para-hydroxylation sites is 2. The van der Waals surface area contributed by atoms with Crippen molar-refractivity contribution in [2.24, 2.45) is 7.05 Å². The Morgan fingerprint density at radius 1 is 1.27 bits per heavy atom. The van der Waals surface area contributed by atoms with Gasteiger partial charge in [0.1, 0.15) is 22.4 Å². The van der Waals surface area contributed by atoms with Gasteiger partial charge in [-0.15, -0.1) is 0 Å². The zero-order valence-corrected chi connectivity index (χ0v) is 17.9. The van der Waals surface area contributed by atoms with Crippen molar-refractivity contribution in [3.05, 3.63) is 42.2 Å².